The number of fused-ring (bicyclic) bond motifs is 1. The second kappa shape index (κ2) is 4.86. The first-order valence-electron chi connectivity index (χ1n) is 6.18. The first kappa shape index (κ1) is 13.6. The van der Waals surface area contributed by atoms with Crippen molar-refractivity contribution in [3.05, 3.63) is 63.9 Å². The highest BCUT2D eigenvalue weighted by atomic mass is 35.5. The van der Waals surface area contributed by atoms with Gasteiger partial charge in [-0.2, -0.15) is 0 Å². The van der Waals surface area contributed by atoms with E-state index in [1.165, 1.54) is 12.1 Å². The number of imide groups is 1. The Morgan fingerprint density at radius 1 is 1.10 bits per heavy atom. The molecule has 6 heteroatoms. The molecule has 4 nitrogen and oxygen atoms in total. The second-order valence-electron chi connectivity index (χ2n) is 4.68. The van der Waals surface area contributed by atoms with Crippen LogP contribution in [0.2, 0.25) is 5.02 Å². The van der Waals surface area contributed by atoms with E-state index in [4.69, 9.17) is 17.3 Å². The Bertz CT molecular complexity index is 776. The molecule has 21 heavy (non-hydrogen) atoms. The molecule has 2 aromatic carbocycles. The molecule has 1 heterocycles. The Kier molecular flexibility index (Phi) is 3.14. The first-order valence-corrected chi connectivity index (χ1v) is 6.56. The lowest BCUT2D eigenvalue weighted by Gasteiger charge is -2.15. The number of anilines is 1. The first-order chi connectivity index (χ1) is 10.0. The van der Waals surface area contributed by atoms with Crippen LogP contribution >= 0.6 is 11.6 Å². The molecule has 3 rings (SSSR count). The van der Waals surface area contributed by atoms with Crippen LogP contribution in [0.5, 0.6) is 0 Å². The Morgan fingerprint density at radius 3 is 2.52 bits per heavy atom. The summed E-state index contributed by atoms with van der Waals surface area (Å²) in [5, 5.41) is -0.0953. The molecule has 0 atom stereocenters. The summed E-state index contributed by atoms with van der Waals surface area (Å²) in [6, 6.07) is 8.97. The van der Waals surface area contributed by atoms with Crippen molar-refractivity contribution in [1.29, 1.82) is 0 Å². The predicted molar refractivity (Wildman–Crippen MR) is 76.5 cm³/mol. The molecule has 0 unspecified atom stereocenters. The van der Waals surface area contributed by atoms with Crippen molar-refractivity contribution >= 4 is 29.1 Å². The lowest BCUT2D eigenvalue weighted by molar-refractivity contribution is 0.0642. The van der Waals surface area contributed by atoms with E-state index >= 15 is 0 Å². The molecule has 106 valence electrons. The minimum atomic E-state index is -0.592. The maximum Gasteiger partial charge on any atom is 0.263 e. The van der Waals surface area contributed by atoms with Crippen molar-refractivity contribution in [3.8, 4) is 0 Å². The van der Waals surface area contributed by atoms with Crippen LogP contribution in [0.15, 0.2) is 36.4 Å². The number of halogens is 2. The summed E-state index contributed by atoms with van der Waals surface area (Å²) in [5.41, 5.74) is 6.81. The van der Waals surface area contributed by atoms with Gasteiger partial charge in [0.15, 0.2) is 0 Å². The lowest BCUT2D eigenvalue weighted by atomic mass is 10.1. The van der Waals surface area contributed by atoms with Gasteiger partial charge in [0.2, 0.25) is 0 Å². The predicted octanol–water partition coefficient (Wildman–Crippen LogP) is 2.86. The molecule has 0 saturated carbocycles. The maximum absolute atomic E-state index is 13.4. The van der Waals surface area contributed by atoms with Crippen LogP contribution in [0.25, 0.3) is 0 Å². The number of carbonyl (C=O) groups is 2. The minimum Gasteiger partial charge on any atom is -0.398 e. The van der Waals surface area contributed by atoms with E-state index in [-0.39, 0.29) is 28.4 Å². The van der Waals surface area contributed by atoms with E-state index < -0.39 is 17.6 Å². The fourth-order valence-corrected chi connectivity index (χ4v) is 2.53. The Labute approximate surface area is 124 Å². The average Bonchev–Trinajstić information content (AvgIpc) is 2.70. The molecule has 0 spiro atoms. The van der Waals surface area contributed by atoms with Gasteiger partial charge < -0.3 is 5.73 Å². The van der Waals surface area contributed by atoms with Crippen LogP contribution < -0.4 is 5.73 Å². The van der Waals surface area contributed by atoms with Crippen molar-refractivity contribution in [2.24, 2.45) is 0 Å². The molecule has 0 radical (unpaired) electrons. The Balaban J connectivity index is 1.99. The highest BCUT2D eigenvalue weighted by molar-refractivity contribution is 6.31. The number of hydrogen-bond donors (Lipinski definition) is 1. The fourth-order valence-electron chi connectivity index (χ4n) is 2.34. The molecular formula is C15H10ClFN2O2. The van der Waals surface area contributed by atoms with Gasteiger partial charge in [-0.3, -0.25) is 14.5 Å². The Morgan fingerprint density at radius 2 is 1.81 bits per heavy atom. The van der Waals surface area contributed by atoms with Gasteiger partial charge in [-0.25, -0.2) is 4.39 Å². The summed E-state index contributed by atoms with van der Waals surface area (Å²) in [6.45, 7) is -0.0949. The number of nitrogen functional groups attached to an aromatic ring is 1. The third-order valence-corrected chi connectivity index (χ3v) is 3.81. The quantitative estimate of drug-likeness (QED) is 0.685. The van der Waals surface area contributed by atoms with Gasteiger partial charge in [0.25, 0.3) is 11.8 Å². The van der Waals surface area contributed by atoms with E-state index in [9.17, 15) is 14.0 Å². The van der Waals surface area contributed by atoms with Crippen LogP contribution in [-0.2, 0) is 6.54 Å². The van der Waals surface area contributed by atoms with Gasteiger partial charge in [-0.1, -0.05) is 29.8 Å². The summed E-state index contributed by atoms with van der Waals surface area (Å²) < 4.78 is 13.4. The molecule has 1 aliphatic rings. The zero-order valence-electron chi connectivity index (χ0n) is 10.8. The zero-order chi connectivity index (χ0) is 15.1. The second-order valence-corrected chi connectivity index (χ2v) is 5.06. The van der Waals surface area contributed by atoms with Crippen molar-refractivity contribution in [3.63, 3.8) is 0 Å². The van der Waals surface area contributed by atoms with Gasteiger partial charge in [0, 0.05) is 5.69 Å². The lowest BCUT2D eigenvalue weighted by Crippen LogP contribution is -2.29. The number of rotatable bonds is 2. The normalized spacial score (nSPS) is 13.7. The van der Waals surface area contributed by atoms with Crippen molar-refractivity contribution in [2.75, 3.05) is 5.73 Å². The van der Waals surface area contributed by atoms with Gasteiger partial charge in [-0.05, 0) is 23.8 Å². The van der Waals surface area contributed by atoms with Crippen LogP contribution in [0, 0.1) is 5.82 Å². The summed E-state index contributed by atoms with van der Waals surface area (Å²) in [5.74, 6) is -1.54. The molecule has 2 amide bonds. The summed E-state index contributed by atoms with van der Waals surface area (Å²) >= 11 is 5.86. The summed E-state index contributed by atoms with van der Waals surface area (Å²) in [7, 11) is 0. The number of benzene rings is 2. The highest BCUT2D eigenvalue weighted by Gasteiger charge is 2.37. The highest BCUT2D eigenvalue weighted by Crippen LogP contribution is 2.30. The largest absolute Gasteiger partial charge is 0.398 e. The number of nitrogens with two attached hydrogens (primary N) is 1. The molecule has 2 N–H and O–H groups in total. The summed E-state index contributed by atoms with van der Waals surface area (Å²) in [4.78, 5) is 25.6. The standard InChI is InChI=1S/C15H10ClFN2O2/c16-13-8(3-1-5-10(13)17)7-19-14(20)9-4-2-6-11(18)12(9)15(19)21/h1-6H,7,18H2. The third kappa shape index (κ3) is 2.06. The number of amides is 2. The van der Waals surface area contributed by atoms with Gasteiger partial charge in [-0.15, -0.1) is 0 Å². The van der Waals surface area contributed by atoms with E-state index in [0.717, 1.165) is 4.90 Å². The number of carbonyl (C=O) groups excluding carboxylic acids is 2. The third-order valence-electron chi connectivity index (χ3n) is 3.39. The van der Waals surface area contributed by atoms with Crippen LogP contribution in [0.3, 0.4) is 0 Å². The number of hydrogen-bond acceptors (Lipinski definition) is 3. The SMILES string of the molecule is Nc1cccc2c1C(=O)N(Cc1cccc(F)c1Cl)C2=O. The Hall–Kier alpha value is -2.40. The van der Waals surface area contributed by atoms with Gasteiger partial charge >= 0.3 is 0 Å². The van der Waals surface area contributed by atoms with Crippen molar-refractivity contribution in [1.82, 2.24) is 4.90 Å². The molecule has 0 aromatic heterocycles. The van der Waals surface area contributed by atoms with E-state index in [0.29, 0.717) is 5.56 Å². The van der Waals surface area contributed by atoms with E-state index in [1.54, 1.807) is 24.3 Å². The molecule has 2 aromatic rings. The zero-order valence-corrected chi connectivity index (χ0v) is 11.5. The van der Waals surface area contributed by atoms with E-state index in [1.807, 2.05) is 0 Å². The summed E-state index contributed by atoms with van der Waals surface area (Å²) in [6.07, 6.45) is 0. The van der Waals surface area contributed by atoms with Crippen molar-refractivity contribution < 1.29 is 14.0 Å². The average molecular weight is 305 g/mol. The van der Waals surface area contributed by atoms with Gasteiger partial charge in [0.05, 0.1) is 22.7 Å². The van der Waals surface area contributed by atoms with Crippen LogP contribution in [0.4, 0.5) is 10.1 Å². The maximum atomic E-state index is 13.4. The minimum absolute atomic E-state index is 0.0949. The van der Waals surface area contributed by atoms with E-state index in [2.05, 4.69) is 0 Å². The molecular weight excluding hydrogens is 295 g/mol. The van der Waals surface area contributed by atoms with Crippen LogP contribution in [0.1, 0.15) is 26.3 Å². The topological polar surface area (TPSA) is 63.4 Å². The molecule has 0 saturated heterocycles. The smallest absolute Gasteiger partial charge is 0.263 e. The fraction of sp³-hybridized carbons (Fsp3) is 0.0667. The van der Waals surface area contributed by atoms with Gasteiger partial charge in [0.1, 0.15) is 5.82 Å². The molecule has 0 fully saturated rings. The van der Waals surface area contributed by atoms with Crippen LogP contribution in [-0.4, -0.2) is 16.7 Å². The number of nitrogens with zero attached hydrogens (tertiary/aromatic N) is 1. The molecule has 1 aliphatic heterocycles. The monoisotopic (exact) mass is 304 g/mol. The molecule has 0 aliphatic carbocycles. The van der Waals surface area contributed by atoms with Crippen molar-refractivity contribution in [2.45, 2.75) is 6.54 Å². The molecule has 0 bridgehead atoms.